The molecule has 0 amide bonds. The maximum atomic E-state index is 13.1. The molecule has 2 heterocycles. The van der Waals surface area contributed by atoms with Crippen molar-refractivity contribution in [3.05, 3.63) is 37.1 Å². The minimum Gasteiger partial charge on any atom is -0.381 e. The van der Waals surface area contributed by atoms with Crippen LogP contribution in [0.4, 0.5) is 4.39 Å². The number of amidine groups is 1. The molecule has 0 unspecified atom stereocenters. The van der Waals surface area contributed by atoms with E-state index in [0.29, 0.717) is 11.2 Å². The van der Waals surface area contributed by atoms with Crippen LogP contribution in [-0.2, 0) is 0 Å². The molecule has 0 aromatic carbocycles. The van der Waals surface area contributed by atoms with Crippen molar-refractivity contribution in [2.75, 3.05) is 0 Å². The monoisotopic (exact) mass is 246 g/mol. The molecule has 6 nitrogen and oxygen atoms in total. The molecule has 7 heteroatoms. The summed E-state index contributed by atoms with van der Waals surface area (Å²) in [6.45, 7) is 5.20. The molecule has 0 aliphatic rings. The largest absolute Gasteiger partial charge is 0.381 e. The Morgan fingerprint density at radius 2 is 2.22 bits per heavy atom. The van der Waals surface area contributed by atoms with E-state index < -0.39 is 5.83 Å². The number of halogens is 1. The van der Waals surface area contributed by atoms with Crippen LogP contribution in [0.2, 0.25) is 0 Å². The van der Waals surface area contributed by atoms with Crippen LogP contribution in [0.25, 0.3) is 17.0 Å². The Morgan fingerprint density at radius 3 is 2.94 bits per heavy atom. The van der Waals surface area contributed by atoms with Gasteiger partial charge in [-0.05, 0) is 13.0 Å². The van der Waals surface area contributed by atoms with Crippen molar-refractivity contribution in [2.45, 2.75) is 6.92 Å². The number of aromatic nitrogens is 4. The molecule has 2 rings (SSSR count). The Bertz CT molecular complexity index is 654. The molecule has 0 atom stereocenters. The molecule has 0 bridgehead atoms. The summed E-state index contributed by atoms with van der Waals surface area (Å²) in [6, 6.07) is 0. The highest BCUT2D eigenvalue weighted by atomic mass is 19.1. The molecule has 0 spiro atoms. The minimum atomic E-state index is -0.612. The van der Waals surface area contributed by atoms with Crippen LogP contribution in [0, 0.1) is 0 Å². The van der Waals surface area contributed by atoms with Crippen LogP contribution in [-0.4, -0.2) is 25.6 Å². The average Bonchev–Trinajstić information content (AvgIpc) is 2.81. The first-order valence-corrected chi connectivity index (χ1v) is 5.14. The van der Waals surface area contributed by atoms with Crippen molar-refractivity contribution in [3.63, 3.8) is 0 Å². The molecular formula is C11H11FN6. The average molecular weight is 246 g/mol. The summed E-state index contributed by atoms with van der Waals surface area (Å²) in [4.78, 5) is 12.0. The predicted octanol–water partition coefficient (Wildman–Crippen LogP) is 1.49. The van der Waals surface area contributed by atoms with E-state index in [0.717, 1.165) is 0 Å². The maximum absolute atomic E-state index is 13.1. The zero-order valence-corrected chi connectivity index (χ0v) is 9.71. The zero-order chi connectivity index (χ0) is 13.1. The summed E-state index contributed by atoms with van der Waals surface area (Å²) >= 11 is 0. The fraction of sp³-hybridized carbons (Fsp3) is 0.0909. The lowest BCUT2D eigenvalue weighted by Gasteiger charge is -2.02. The second-order valence-electron chi connectivity index (χ2n) is 3.37. The quantitative estimate of drug-likeness (QED) is 0.657. The lowest BCUT2D eigenvalue weighted by atomic mass is 10.4. The van der Waals surface area contributed by atoms with Gasteiger partial charge in [0.05, 0.1) is 6.20 Å². The van der Waals surface area contributed by atoms with E-state index in [2.05, 4.69) is 26.6 Å². The van der Waals surface area contributed by atoms with Gasteiger partial charge in [0.15, 0.2) is 23.1 Å². The van der Waals surface area contributed by atoms with Gasteiger partial charge in [-0.2, -0.15) is 9.78 Å². The molecule has 0 saturated carbocycles. The van der Waals surface area contributed by atoms with Crippen LogP contribution in [0.5, 0.6) is 0 Å². The van der Waals surface area contributed by atoms with Gasteiger partial charge in [-0.1, -0.05) is 6.58 Å². The SMILES string of the molecule is C=C(N=C(N)/C(F)=C\C)n1ncc2nccnc21. The summed E-state index contributed by atoms with van der Waals surface area (Å²) in [6.07, 6.45) is 5.81. The smallest absolute Gasteiger partial charge is 0.183 e. The van der Waals surface area contributed by atoms with Crippen LogP contribution in [0.15, 0.2) is 42.1 Å². The van der Waals surface area contributed by atoms with E-state index in [1.54, 1.807) is 6.20 Å². The second kappa shape index (κ2) is 4.74. The van der Waals surface area contributed by atoms with E-state index in [9.17, 15) is 4.39 Å². The van der Waals surface area contributed by atoms with Gasteiger partial charge in [0.2, 0.25) is 0 Å². The molecule has 2 N–H and O–H groups in total. The normalized spacial score (nSPS) is 13.0. The number of aliphatic imine (C=N–C) groups is 1. The number of hydrogen-bond acceptors (Lipinski definition) is 4. The molecule has 0 aliphatic heterocycles. The number of rotatable bonds is 3. The Hall–Kier alpha value is -2.57. The summed E-state index contributed by atoms with van der Waals surface area (Å²) < 4.78 is 14.5. The van der Waals surface area contributed by atoms with Crippen molar-refractivity contribution in [2.24, 2.45) is 10.7 Å². The van der Waals surface area contributed by atoms with E-state index in [-0.39, 0.29) is 11.7 Å². The lowest BCUT2D eigenvalue weighted by Crippen LogP contribution is -2.13. The van der Waals surface area contributed by atoms with Gasteiger partial charge in [-0.3, -0.25) is 0 Å². The fourth-order valence-electron chi connectivity index (χ4n) is 1.34. The highest BCUT2D eigenvalue weighted by Crippen LogP contribution is 2.12. The van der Waals surface area contributed by atoms with Crippen molar-refractivity contribution >= 4 is 22.8 Å². The standard InChI is InChI=1S/C11H11FN6/c1-3-8(12)10(13)17-7(2)18-11-9(6-16-18)14-4-5-15-11/h3-6H,2H2,1H3,(H2,13,17)/b8-3+. The first kappa shape index (κ1) is 11.9. The number of nitrogens with zero attached hydrogens (tertiary/aromatic N) is 5. The van der Waals surface area contributed by atoms with Crippen molar-refractivity contribution < 1.29 is 4.39 Å². The van der Waals surface area contributed by atoms with Crippen molar-refractivity contribution in [3.8, 4) is 0 Å². The van der Waals surface area contributed by atoms with Crippen molar-refractivity contribution in [1.29, 1.82) is 0 Å². The third-order valence-corrected chi connectivity index (χ3v) is 2.19. The molecule has 2 aromatic heterocycles. The molecule has 0 radical (unpaired) electrons. The third-order valence-electron chi connectivity index (χ3n) is 2.19. The minimum absolute atomic E-state index is 0.167. The topological polar surface area (TPSA) is 82.0 Å². The van der Waals surface area contributed by atoms with Gasteiger partial charge in [0.1, 0.15) is 5.52 Å². The fourth-order valence-corrected chi connectivity index (χ4v) is 1.34. The van der Waals surface area contributed by atoms with Crippen molar-refractivity contribution in [1.82, 2.24) is 19.7 Å². The van der Waals surface area contributed by atoms with Gasteiger partial charge in [0.25, 0.3) is 0 Å². The van der Waals surface area contributed by atoms with E-state index in [1.165, 1.54) is 30.1 Å². The van der Waals surface area contributed by atoms with E-state index in [4.69, 9.17) is 5.73 Å². The van der Waals surface area contributed by atoms with Gasteiger partial charge < -0.3 is 5.73 Å². The number of hydrogen-bond donors (Lipinski definition) is 1. The molecular weight excluding hydrogens is 235 g/mol. The highest BCUT2D eigenvalue weighted by molar-refractivity contribution is 5.97. The number of allylic oxidation sites excluding steroid dienone is 1. The van der Waals surface area contributed by atoms with Crippen LogP contribution in [0.1, 0.15) is 6.92 Å². The van der Waals surface area contributed by atoms with E-state index >= 15 is 0 Å². The molecule has 92 valence electrons. The second-order valence-corrected chi connectivity index (χ2v) is 3.37. The molecule has 18 heavy (non-hydrogen) atoms. The summed E-state index contributed by atoms with van der Waals surface area (Å²) in [7, 11) is 0. The lowest BCUT2D eigenvalue weighted by molar-refractivity contribution is 0.677. The molecule has 0 aliphatic carbocycles. The first-order valence-electron chi connectivity index (χ1n) is 5.14. The number of fused-ring (bicyclic) bond motifs is 1. The van der Waals surface area contributed by atoms with Gasteiger partial charge in [-0.15, -0.1) is 0 Å². The molecule has 2 aromatic rings. The molecule has 0 saturated heterocycles. The van der Waals surface area contributed by atoms with Crippen LogP contribution < -0.4 is 5.73 Å². The van der Waals surface area contributed by atoms with Gasteiger partial charge in [0, 0.05) is 12.4 Å². The summed E-state index contributed by atoms with van der Waals surface area (Å²) in [5.74, 6) is -0.700. The summed E-state index contributed by atoms with van der Waals surface area (Å²) in [5.41, 5.74) is 6.53. The van der Waals surface area contributed by atoms with Crippen LogP contribution >= 0.6 is 0 Å². The Kier molecular flexibility index (Phi) is 3.13. The van der Waals surface area contributed by atoms with Gasteiger partial charge >= 0.3 is 0 Å². The predicted molar refractivity (Wildman–Crippen MR) is 67.1 cm³/mol. The molecule has 0 fully saturated rings. The number of nitrogens with two attached hydrogens (primary N) is 1. The zero-order valence-electron chi connectivity index (χ0n) is 9.71. The Morgan fingerprint density at radius 1 is 1.50 bits per heavy atom. The Labute approximate surface area is 102 Å². The highest BCUT2D eigenvalue weighted by Gasteiger charge is 2.08. The van der Waals surface area contributed by atoms with E-state index in [1.807, 2.05) is 0 Å². The Balaban J connectivity index is 2.41. The maximum Gasteiger partial charge on any atom is 0.183 e. The summed E-state index contributed by atoms with van der Waals surface area (Å²) in [5, 5.41) is 4.02. The van der Waals surface area contributed by atoms with Gasteiger partial charge in [-0.25, -0.2) is 19.4 Å². The van der Waals surface area contributed by atoms with Crippen LogP contribution in [0.3, 0.4) is 0 Å². The first-order chi connectivity index (χ1) is 8.63. The third kappa shape index (κ3) is 2.10.